The first kappa shape index (κ1) is 58.1. The van der Waals surface area contributed by atoms with Gasteiger partial charge in [-0.1, -0.05) is 0 Å². The maximum Gasteiger partial charge on any atom is 0.327 e. The molecular formula is C40H51N15O17S. The number of aromatic amines is 1. The summed E-state index contributed by atoms with van der Waals surface area (Å²) in [5, 5.41) is 72.8. The van der Waals surface area contributed by atoms with Gasteiger partial charge in [-0.2, -0.15) is 17.6 Å². The van der Waals surface area contributed by atoms with E-state index in [0.717, 1.165) is 0 Å². The Morgan fingerprint density at radius 3 is 1.68 bits per heavy atom. The Labute approximate surface area is 415 Å². The molecule has 19 N–H and O–H groups in total. The van der Waals surface area contributed by atoms with Crippen LogP contribution in [0.2, 0.25) is 0 Å². The molecule has 73 heavy (non-hydrogen) atoms. The molecule has 0 aliphatic rings. The van der Waals surface area contributed by atoms with Crippen molar-refractivity contribution in [2.75, 3.05) is 23.3 Å². The lowest BCUT2D eigenvalue weighted by molar-refractivity contribution is -0.144. The number of fused-ring (bicyclic) bond motifs is 1. The van der Waals surface area contributed by atoms with E-state index in [1.165, 1.54) is 30.5 Å². The number of carboxylic acids is 5. The van der Waals surface area contributed by atoms with Gasteiger partial charge in [-0.3, -0.25) is 58.3 Å². The number of H-pyrrole nitrogens is 1. The van der Waals surface area contributed by atoms with Crippen LogP contribution in [-0.4, -0.2) is 165 Å². The van der Waals surface area contributed by atoms with Gasteiger partial charge >= 0.3 is 29.8 Å². The average molecular weight is 1050 g/mol. The fraction of sp³-hybridized carbons (Fsp3) is 0.400. The summed E-state index contributed by atoms with van der Waals surface area (Å²) in [7, 11) is 0. The van der Waals surface area contributed by atoms with Gasteiger partial charge in [-0.05, 0) is 43.5 Å². The first-order valence-electron chi connectivity index (χ1n) is 21.3. The van der Waals surface area contributed by atoms with Gasteiger partial charge in [0.15, 0.2) is 17.1 Å². The highest BCUT2D eigenvalue weighted by atomic mass is 32.1. The number of benzene rings is 1. The van der Waals surface area contributed by atoms with E-state index < -0.39 is 157 Å². The molecule has 0 radical (unpaired) electrons. The molecule has 0 saturated heterocycles. The Morgan fingerprint density at radius 2 is 1.18 bits per heavy atom. The lowest BCUT2D eigenvalue weighted by Crippen LogP contribution is -2.59. The number of aliphatic carboxylic acids is 5. The summed E-state index contributed by atoms with van der Waals surface area (Å²) in [6.45, 7) is -0.0194. The normalized spacial score (nSPS) is 13.2. The minimum absolute atomic E-state index is 0.00363. The predicted molar refractivity (Wildman–Crippen MR) is 251 cm³/mol. The Balaban J connectivity index is 1.70. The van der Waals surface area contributed by atoms with Gasteiger partial charge in [0.05, 0.1) is 37.7 Å². The van der Waals surface area contributed by atoms with Gasteiger partial charge in [0.2, 0.25) is 35.5 Å². The number of nitrogen functional groups attached to an aromatic ring is 1. The first-order chi connectivity index (χ1) is 34.4. The largest absolute Gasteiger partial charge is 0.481 e. The summed E-state index contributed by atoms with van der Waals surface area (Å²) < 4.78 is 0. The SMILES string of the molecule is N=C(N)NCCC[C@@H](NC(=O)[C@H](CC(=O)O)NC(=O)CC[C@H](NC(=O)c1ccc(NCc2cnc3nc(N)[nH]c(=O)c3n2)cc1)C(=O)O)C(=O)N[C@@H](CC(=O)O)C(=O)N[C@@H](CC(=O)O)C(=O)N[C@@H](CS)C(=O)O. The van der Waals surface area contributed by atoms with Crippen LogP contribution < -0.4 is 59.6 Å². The van der Waals surface area contributed by atoms with E-state index in [9.17, 15) is 83.1 Å². The third-order valence-electron chi connectivity index (χ3n) is 9.84. The minimum Gasteiger partial charge on any atom is -0.481 e. The second-order valence-electron chi connectivity index (χ2n) is 15.5. The van der Waals surface area contributed by atoms with Crippen molar-refractivity contribution in [3.8, 4) is 0 Å². The van der Waals surface area contributed by atoms with Crippen LogP contribution in [0.1, 0.15) is 61.0 Å². The fourth-order valence-corrected chi connectivity index (χ4v) is 6.50. The summed E-state index contributed by atoms with van der Waals surface area (Å²) in [4.78, 5) is 165. The molecule has 0 saturated carbocycles. The molecule has 3 aromatic rings. The predicted octanol–water partition coefficient (Wildman–Crippen LogP) is -5.00. The molecule has 0 bridgehead atoms. The molecule has 0 aliphatic carbocycles. The number of hydrogen-bond acceptors (Lipinski definition) is 19. The Morgan fingerprint density at radius 1 is 0.671 bits per heavy atom. The minimum atomic E-state index is -2.10. The molecule has 0 unspecified atom stereocenters. The number of hydrogen-bond donors (Lipinski definition) is 18. The standard InChI is InChI=1S/C40H51N15O17S/c41-39(42)44-9-1-2-19(32(64)51-22(11-27(59)60)34(66)52-23(12-28(61)62)35(67)53-24(15-73)38(71)72)49-33(65)21(10-26(57)58)48-25(56)8-7-20(37(69)70)50-31(63)16-3-5-17(6-4-16)45-13-18-14-46-30-29(47-18)36(68)55-40(43)54-30/h3-6,14,19-24,45,73H,1-2,7-13,15H2,(H,48,56)(H,49,65)(H,50,63)(H,51,64)(H,52,66)(H,53,67)(H,57,58)(H,59,60)(H,61,62)(H,69,70)(H,71,72)(H4,41,42,44)(H3,43,46,54,55,68)/t19-,20+,21+,22+,23+,24+/m1/s1. The van der Waals surface area contributed by atoms with E-state index >= 15 is 0 Å². The fourth-order valence-electron chi connectivity index (χ4n) is 6.25. The summed E-state index contributed by atoms with van der Waals surface area (Å²) in [5.74, 6) is -16.6. The first-order valence-corrected chi connectivity index (χ1v) is 22.0. The number of nitrogens with zero attached hydrogens (tertiary/aromatic N) is 3. The van der Waals surface area contributed by atoms with Crippen molar-refractivity contribution in [3.63, 3.8) is 0 Å². The molecule has 6 atom stereocenters. The number of nitrogens with two attached hydrogens (primary N) is 2. The van der Waals surface area contributed by atoms with Crippen molar-refractivity contribution in [1.29, 1.82) is 5.41 Å². The zero-order valence-electron chi connectivity index (χ0n) is 38.0. The van der Waals surface area contributed by atoms with Crippen LogP contribution in [0.15, 0.2) is 35.3 Å². The third-order valence-corrected chi connectivity index (χ3v) is 10.2. The number of nitrogens with one attached hydrogen (secondary N) is 10. The van der Waals surface area contributed by atoms with Crippen LogP contribution in [0.4, 0.5) is 11.6 Å². The van der Waals surface area contributed by atoms with E-state index in [1.54, 1.807) is 0 Å². The van der Waals surface area contributed by atoms with E-state index in [1.807, 2.05) is 16.0 Å². The molecule has 0 fully saturated rings. The van der Waals surface area contributed by atoms with Crippen LogP contribution in [0.5, 0.6) is 0 Å². The van der Waals surface area contributed by atoms with E-state index in [-0.39, 0.29) is 42.2 Å². The van der Waals surface area contributed by atoms with Crippen molar-refractivity contribution in [2.45, 2.75) is 87.7 Å². The smallest absolute Gasteiger partial charge is 0.327 e. The monoisotopic (exact) mass is 1050 g/mol. The number of carbonyl (C=O) groups is 11. The zero-order valence-corrected chi connectivity index (χ0v) is 38.9. The lowest BCUT2D eigenvalue weighted by Gasteiger charge is -2.26. The topological polar surface area (TPSA) is 533 Å². The lowest BCUT2D eigenvalue weighted by atomic mass is 10.1. The molecule has 2 aromatic heterocycles. The average Bonchev–Trinajstić information content (AvgIpc) is 3.30. The number of amides is 6. The highest BCUT2D eigenvalue weighted by Crippen LogP contribution is 2.13. The Bertz CT molecular complexity index is 2650. The summed E-state index contributed by atoms with van der Waals surface area (Å²) in [6, 6.07) is -5.54. The van der Waals surface area contributed by atoms with Gasteiger partial charge in [-0.25, -0.2) is 19.6 Å². The van der Waals surface area contributed by atoms with Crippen molar-refractivity contribution in [1.82, 2.24) is 57.2 Å². The number of thiol groups is 1. The Hall–Kier alpha value is -9.17. The molecule has 3 rings (SSSR count). The van der Waals surface area contributed by atoms with Crippen LogP contribution in [0, 0.1) is 5.41 Å². The van der Waals surface area contributed by atoms with Crippen molar-refractivity contribution in [3.05, 3.63) is 52.1 Å². The quantitative estimate of drug-likeness (QED) is 0.0129. The molecule has 2 heterocycles. The van der Waals surface area contributed by atoms with Crippen LogP contribution >= 0.6 is 12.6 Å². The number of carboxylic acid groups (broad SMARTS) is 5. The number of aromatic nitrogens is 4. The maximum atomic E-state index is 13.7. The second-order valence-corrected chi connectivity index (χ2v) is 15.8. The molecule has 1 aromatic carbocycles. The maximum absolute atomic E-state index is 13.7. The van der Waals surface area contributed by atoms with Crippen LogP contribution in [0.3, 0.4) is 0 Å². The molecule has 32 nitrogen and oxygen atoms in total. The third kappa shape index (κ3) is 19.6. The van der Waals surface area contributed by atoms with Crippen molar-refractivity contribution < 1.29 is 78.3 Å². The van der Waals surface area contributed by atoms with Crippen LogP contribution in [0.25, 0.3) is 11.2 Å². The molecule has 394 valence electrons. The highest BCUT2D eigenvalue weighted by molar-refractivity contribution is 7.80. The zero-order chi connectivity index (χ0) is 54.5. The van der Waals surface area contributed by atoms with Gasteiger partial charge in [0.25, 0.3) is 11.5 Å². The van der Waals surface area contributed by atoms with Crippen molar-refractivity contribution in [2.24, 2.45) is 5.73 Å². The second kappa shape index (κ2) is 27.9. The summed E-state index contributed by atoms with van der Waals surface area (Å²) in [5.41, 5.74) is 11.0. The van der Waals surface area contributed by atoms with Gasteiger partial charge in [0.1, 0.15) is 36.3 Å². The van der Waals surface area contributed by atoms with E-state index in [2.05, 4.69) is 59.1 Å². The van der Waals surface area contributed by atoms with E-state index in [0.29, 0.717) is 11.4 Å². The molecule has 0 aliphatic heterocycles. The molecular weight excluding hydrogens is 995 g/mol. The summed E-state index contributed by atoms with van der Waals surface area (Å²) in [6.07, 6.45) is -3.88. The van der Waals surface area contributed by atoms with Gasteiger partial charge in [0, 0.05) is 30.0 Å². The number of anilines is 2. The number of carbonyl (C=O) groups excluding carboxylic acids is 6. The molecule has 0 spiro atoms. The number of guanidine groups is 1. The molecule has 6 amide bonds. The van der Waals surface area contributed by atoms with Gasteiger partial charge < -0.3 is 79.5 Å². The summed E-state index contributed by atoms with van der Waals surface area (Å²) >= 11 is 3.78. The van der Waals surface area contributed by atoms with Crippen LogP contribution in [-0.2, 0) is 54.5 Å². The van der Waals surface area contributed by atoms with Crippen molar-refractivity contribution >= 4 is 107 Å². The Kier molecular flexibility index (Phi) is 22.2. The molecule has 33 heteroatoms. The van der Waals surface area contributed by atoms with Gasteiger partial charge in [-0.15, -0.1) is 0 Å². The highest BCUT2D eigenvalue weighted by Gasteiger charge is 2.35. The van der Waals surface area contributed by atoms with E-state index in [4.69, 9.17) is 16.9 Å². The number of rotatable bonds is 30.